The quantitative estimate of drug-likeness (QED) is 0.380. The first-order valence-electron chi connectivity index (χ1n) is 7.75. The summed E-state index contributed by atoms with van der Waals surface area (Å²) in [7, 11) is 0.281. The maximum atomic E-state index is 12.1. The highest BCUT2D eigenvalue weighted by Gasteiger charge is 2.11. The lowest BCUT2D eigenvalue weighted by Crippen LogP contribution is -2.38. The van der Waals surface area contributed by atoms with Gasteiger partial charge in [-0.05, 0) is 18.4 Å². The van der Waals surface area contributed by atoms with E-state index in [2.05, 4.69) is 15.6 Å². The summed E-state index contributed by atoms with van der Waals surface area (Å²) >= 11 is 0. The average molecular weight is 341 g/mol. The van der Waals surface area contributed by atoms with Gasteiger partial charge in [0.1, 0.15) is 0 Å². The lowest BCUT2D eigenvalue weighted by atomic mass is 10.2. The van der Waals surface area contributed by atoms with Crippen LogP contribution in [0, 0.1) is 0 Å². The third-order valence-corrected chi connectivity index (χ3v) is 4.88. The Balaban J connectivity index is 2.24. The van der Waals surface area contributed by atoms with E-state index in [1.807, 2.05) is 30.3 Å². The number of guanidine groups is 1. The Morgan fingerprint density at radius 2 is 1.78 bits per heavy atom. The van der Waals surface area contributed by atoms with Crippen molar-refractivity contribution in [1.29, 1.82) is 0 Å². The van der Waals surface area contributed by atoms with Crippen LogP contribution in [0.25, 0.3) is 0 Å². The van der Waals surface area contributed by atoms with E-state index in [4.69, 9.17) is 4.74 Å². The molecule has 1 aromatic carbocycles. The average Bonchev–Trinajstić information content (AvgIpc) is 2.54. The molecule has 130 valence electrons. The fraction of sp³-hybridized carbons (Fsp3) is 0.562. The Labute approximate surface area is 139 Å². The molecule has 6 nitrogen and oxygen atoms in total. The smallest absolute Gasteiger partial charge is 0.190 e. The van der Waals surface area contributed by atoms with Gasteiger partial charge < -0.3 is 15.4 Å². The van der Waals surface area contributed by atoms with Crippen molar-refractivity contribution in [2.75, 3.05) is 39.6 Å². The van der Waals surface area contributed by atoms with Crippen molar-refractivity contribution < 1.29 is 13.2 Å². The number of aliphatic imine (C=N–C) groups is 1. The standard InChI is InChI=1S/C16H27N3O3S/c1-17-16(18-10-6-12-22-2)19-11-7-13-23(20,21)14-15-8-4-3-5-9-15/h3-5,8-9H,6-7,10-14H2,1-2H3,(H2,17,18,19). The zero-order chi connectivity index (χ0) is 17.0. The van der Waals surface area contributed by atoms with Crippen molar-refractivity contribution in [1.82, 2.24) is 10.6 Å². The van der Waals surface area contributed by atoms with Gasteiger partial charge in [0, 0.05) is 33.9 Å². The lowest BCUT2D eigenvalue weighted by Gasteiger charge is -2.11. The number of nitrogens with zero attached hydrogens (tertiary/aromatic N) is 1. The summed E-state index contributed by atoms with van der Waals surface area (Å²) in [6.07, 6.45) is 1.44. The number of nitrogens with one attached hydrogen (secondary N) is 2. The molecule has 0 spiro atoms. The molecule has 0 fully saturated rings. The largest absolute Gasteiger partial charge is 0.385 e. The molecule has 0 atom stereocenters. The van der Waals surface area contributed by atoms with Crippen molar-refractivity contribution in [2.45, 2.75) is 18.6 Å². The van der Waals surface area contributed by atoms with Crippen LogP contribution < -0.4 is 10.6 Å². The summed E-state index contributed by atoms with van der Waals surface area (Å²) in [5, 5.41) is 6.27. The van der Waals surface area contributed by atoms with E-state index >= 15 is 0 Å². The fourth-order valence-electron chi connectivity index (χ4n) is 2.04. The zero-order valence-electron chi connectivity index (χ0n) is 13.9. The first kappa shape index (κ1) is 19.4. The molecule has 7 heteroatoms. The predicted molar refractivity (Wildman–Crippen MR) is 94.4 cm³/mol. The minimum Gasteiger partial charge on any atom is -0.385 e. The molecule has 1 aromatic rings. The third kappa shape index (κ3) is 9.20. The second-order valence-corrected chi connectivity index (χ2v) is 7.39. The molecule has 0 radical (unpaired) electrons. The lowest BCUT2D eigenvalue weighted by molar-refractivity contribution is 0.195. The van der Waals surface area contributed by atoms with Gasteiger partial charge in [-0.2, -0.15) is 0 Å². The Kier molecular flexibility index (Phi) is 9.31. The van der Waals surface area contributed by atoms with Gasteiger partial charge in [0.2, 0.25) is 0 Å². The van der Waals surface area contributed by atoms with Crippen molar-refractivity contribution in [3.05, 3.63) is 35.9 Å². The normalized spacial score (nSPS) is 12.2. The van der Waals surface area contributed by atoms with Crippen molar-refractivity contribution >= 4 is 15.8 Å². The molecule has 0 heterocycles. The minimum atomic E-state index is -3.08. The van der Waals surface area contributed by atoms with Crippen LogP contribution in [-0.2, 0) is 20.3 Å². The fourth-order valence-corrected chi connectivity index (χ4v) is 3.47. The molecule has 0 saturated carbocycles. The van der Waals surface area contributed by atoms with Crippen molar-refractivity contribution in [2.24, 2.45) is 4.99 Å². The summed E-state index contributed by atoms with van der Waals surface area (Å²) in [5.41, 5.74) is 0.830. The number of hydrogen-bond donors (Lipinski definition) is 2. The molecule has 0 unspecified atom stereocenters. The Bertz CT molecular complexity index is 559. The van der Waals surface area contributed by atoms with Crippen LogP contribution in [-0.4, -0.2) is 54.0 Å². The van der Waals surface area contributed by atoms with Crippen molar-refractivity contribution in [3.8, 4) is 0 Å². The van der Waals surface area contributed by atoms with E-state index in [9.17, 15) is 8.42 Å². The van der Waals surface area contributed by atoms with Crippen molar-refractivity contribution in [3.63, 3.8) is 0 Å². The Hall–Kier alpha value is -1.60. The highest BCUT2D eigenvalue weighted by Crippen LogP contribution is 2.06. The van der Waals surface area contributed by atoms with Gasteiger partial charge in [0.15, 0.2) is 15.8 Å². The molecular weight excluding hydrogens is 314 g/mol. The summed E-state index contributed by atoms with van der Waals surface area (Å²) in [6, 6.07) is 9.26. The van der Waals surface area contributed by atoms with Gasteiger partial charge in [-0.1, -0.05) is 30.3 Å². The van der Waals surface area contributed by atoms with E-state index < -0.39 is 9.84 Å². The van der Waals surface area contributed by atoms with Gasteiger partial charge >= 0.3 is 0 Å². The van der Waals surface area contributed by atoms with Gasteiger partial charge in [0.05, 0.1) is 11.5 Å². The molecule has 0 bridgehead atoms. The van der Waals surface area contributed by atoms with Crippen LogP contribution in [0.15, 0.2) is 35.3 Å². The van der Waals surface area contributed by atoms with Crippen LogP contribution in [0.2, 0.25) is 0 Å². The number of hydrogen-bond acceptors (Lipinski definition) is 4. The molecule has 0 aliphatic carbocycles. The summed E-state index contributed by atoms with van der Waals surface area (Å²) in [5.74, 6) is 0.939. The molecule has 0 aromatic heterocycles. The molecular formula is C16H27N3O3S. The van der Waals surface area contributed by atoms with E-state index in [0.29, 0.717) is 25.5 Å². The molecule has 2 N–H and O–H groups in total. The van der Waals surface area contributed by atoms with Gasteiger partial charge in [0.25, 0.3) is 0 Å². The Morgan fingerprint density at radius 3 is 2.39 bits per heavy atom. The maximum Gasteiger partial charge on any atom is 0.190 e. The van der Waals surface area contributed by atoms with Crippen LogP contribution in [0.4, 0.5) is 0 Å². The van der Waals surface area contributed by atoms with Gasteiger partial charge in [-0.15, -0.1) is 0 Å². The number of methoxy groups -OCH3 is 1. The van der Waals surface area contributed by atoms with E-state index in [1.165, 1.54) is 0 Å². The highest BCUT2D eigenvalue weighted by atomic mass is 32.2. The SMILES string of the molecule is CN=C(NCCCOC)NCCCS(=O)(=O)Cc1ccccc1. The second kappa shape index (κ2) is 11.0. The van der Waals surface area contributed by atoms with Crippen LogP contribution in [0.3, 0.4) is 0 Å². The molecule has 0 saturated heterocycles. The molecule has 0 aliphatic heterocycles. The summed E-state index contributed by atoms with van der Waals surface area (Å²) < 4.78 is 29.1. The molecule has 0 aliphatic rings. The predicted octanol–water partition coefficient (Wildman–Crippen LogP) is 1.19. The molecule has 0 amide bonds. The number of benzene rings is 1. The highest BCUT2D eigenvalue weighted by molar-refractivity contribution is 7.90. The first-order chi connectivity index (χ1) is 11.1. The topological polar surface area (TPSA) is 79.8 Å². The van der Waals surface area contributed by atoms with Gasteiger partial charge in [-0.25, -0.2) is 8.42 Å². The second-order valence-electron chi connectivity index (χ2n) is 5.20. The Morgan fingerprint density at radius 1 is 1.13 bits per heavy atom. The first-order valence-corrected chi connectivity index (χ1v) is 9.57. The summed E-state index contributed by atoms with van der Waals surface area (Å²) in [6.45, 7) is 2.03. The van der Waals surface area contributed by atoms with Crippen LogP contribution >= 0.6 is 0 Å². The maximum absolute atomic E-state index is 12.1. The third-order valence-electron chi connectivity index (χ3n) is 3.20. The monoisotopic (exact) mass is 341 g/mol. The molecule has 1 rings (SSSR count). The zero-order valence-corrected chi connectivity index (χ0v) is 14.7. The molecule has 23 heavy (non-hydrogen) atoms. The van der Waals surface area contributed by atoms with E-state index in [0.717, 1.165) is 18.5 Å². The van der Waals surface area contributed by atoms with Gasteiger partial charge in [-0.3, -0.25) is 4.99 Å². The number of rotatable bonds is 10. The van der Waals surface area contributed by atoms with Crippen LogP contribution in [0.1, 0.15) is 18.4 Å². The minimum absolute atomic E-state index is 0.0951. The van der Waals surface area contributed by atoms with E-state index in [-0.39, 0.29) is 11.5 Å². The number of ether oxygens (including phenoxy) is 1. The summed E-state index contributed by atoms with van der Waals surface area (Å²) in [4.78, 5) is 4.09. The van der Waals surface area contributed by atoms with Crippen LogP contribution in [0.5, 0.6) is 0 Å². The van der Waals surface area contributed by atoms with E-state index in [1.54, 1.807) is 14.2 Å². The number of sulfone groups is 1.